The molecule has 3 heterocycles. The summed E-state index contributed by atoms with van der Waals surface area (Å²) in [5.74, 6) is 1.64. The smallest absolute Gasteiger partial charge is 0.273 e. The fourth-order valence-electron chi connectivity index (χ4n) is 3.35. The van der Waals surface area contributed by atoms with E-state index in [0.717, 1.165) is 11.3 Å². The Bertz CT molecular complexity index is 1160. The summed E-state index contributed by atoms with van der Waals surface area (Å²) < 4.78 is 6.67. The van der Waals surface area contributed by atoms with Crippen molar-refractivity contribution in [1.29, 1.82) is 0 Å². The summed E-state index contributed by atoms with van der Waals surface area (Å²) in [6, 6.07) is 7.85. The topological polar surface area (TPSA) is 132 Å². The van der Waals surface area contributed by atoms with Crippen LogP contribution in [0.1, 0.15) is 32.9 Å². The Morgan fingerprint density at radius 2 is 2.13 bits per heavy atom. The Balaban J connectivity index is 1.54. The van der Waals surface area contributed by atoms with Gasteiger partial charge in [0.15, 0.2) is 0 Å². The van der Waals surface area contributed by atoms with E-state index in [1.54, 1.807) is 23.9 Å². The van der Waals surface area contributed by atoms with E-state index < -0.39 is 10.8 Å². The molecule has 1 aliphatic rings. The zero-order valence-corrected chi connectivity index (χ0v) is 17.4. The van der Waals surface area contributed by atoms with Crippen molar-refractivity contribution in [2.75, 3.05) is 5.32 Å². The molecule has 2 amide bonds. The number of nitro benzene ring substituents is 1. The molecule has 2 N–H and O–H groups in total. The molecule has 0 spiro atoms. The molecule has 3 aromatic rings. The average Bonchev–Trinajstić information content (AvgIpc) is 3.46. The maximum absolute atomic E-state index is 12.9. The van der Waals surface area contributed by atoms with Gasteiger partial charge in [-0.25, -0.2) is 4.68 Å². The normalized spacial score (nSPS) is 12.4. The SMILES string of the molecule is Cc1c(C(=O)Nc2c3c(nn2CC(=O)NCc2ccco2)CSC3)cccc1[N+](=O)[O-]. The number of carbonyl (C=O) groups excluding carboxylic acids is 2. The molecule has 1 aliphatic heterocycles. The Labute approximate surface area is 181 Å². The Kier molecular flexibility index (Phi) is 5.76. The van der Waals surface area contributed by atoms with Gasteiger partial charge in [-0.15, -0.1) is 0 Å². The fraction of sp³-hybridized carbons (Fsp3) is 0.250. The quantitative estimate of drug-likeness (QED) is 0.425. The summed E-state index contributed by atoms with van der Waals surface area (Å²) in [7, 11) is 0. The van der Waals surface area contributed by atoms with Crippen molar-refractivity contribution in [2.45, 2.75) is 31.5 Å². The third kappa shape index (κ3) is 4.31. The molecular weight excluding hydrogens is 422 g/mol. The first-order chi connectivity index (χ1) is 14.9. The predicted molar refractivity (Wildman–Crippen MR) is 114 cm³/mol. The molecule has 0 radical (unpaired) electrons. The number of nitro groups is 1. The second kappa shape index (κ2) is 8.64. The minimum Gasteiger partial charge on any atom is -0.467 e. The second-order valence-corrected chi connectivity index (χ2v) is 7.93. The third-order valence-corrected chi connectivity index (χ3v) is 5.90. The average molecular weight is 441 g/mol. The number of nitrogens with zero attached hydrogens (tertiary/aromatic N) is 3. The number of anilines is 1. The van der Waals surface area contributed by atoms with Crippen LogP contribution in [0, 0.1) is 17.0 Å². The first-order valence-corrected chi connectivity index (χ1v) is 10.6. The highest BCUT2D eigenvalue weighted by Gasteiger charge is 2.26. The first-order valence-electron chi connectivity index (χ1n) is 9.44. The standard InChI is InChI=1S/C20H19N5O5S/c1-12-14(5-2-6-17(12)25(28)29)20(27)22-19-15-10-31-11-16(15)23-24(19)9-18(26)21-8-13-4-3-7-30-13/h2-7H,8-11H2,1H3,(H,21,26)(H,22,27). The third-order valence-electron chi connectivity index (χ3n) is 4.93. The van der Waals surface area contributed by atoms with Crippen molar-refractivity contribution in [3.63, 3.8) is 0 Å². The first kappa shape index (κ1) is 20.7. The molecular formula is C20H19N5O5S. The largest absolute Gasteiger partial charge is 0.467 e. The van der Waals surface area contributed by atoms with Crippen molar-refractivity contribution < 1.29 is 18.9 Å². The molecule has 0 bridgehead atoms. The summed E-state index contributed by atoms with van der Waals surface area (Å²) in [5.41, 5.74) is 2.02. The van der Waals surface area contributed by atoms with Gasteiger partial charge in [-0.05, 0) is 25.1 Å². The van der Waals surface area contributed by atoms with E-state index in [2.05, 4.69) is 15.7 Å². The summed E-state index contributed by atoms with van der Waals surface area (Å²) >= 11 is 1.66. The number of benzene rings is 1. The van der Waals surface area contributed by atoms with Crippen molar-refractivity contribution in [3.05, 3.63) is 74.9 Å². The van der Waals surface area contributed by atoms with Crippen LogP contribution in [0.15, 0.2) is 41.0 Å². The molecule has 4 rings (SSSR count). The molecule has 2 aromatic heterocycles. The Hall–Kier alpha value is -3.60. The van der Waals surface area contributed by atoms with Gasteiger partial charge in [0.2, 0.25) is 5.91 Å². The summed E-state index contributed by atoms with van der Waals surface area (Å²) in [6.07, 6.45) is 1.53. The second-order valence-electron chi connectivity index (χ2n) is 6.94. The molecule has 0 fully saturated rings. The van der Waals surface area contributed by atoms with Crippen LogP contribution in [0.25, 0.3) is 0 Å². The summed E-state index contributed by atoms with van der Waals surface area (Å²) in [6.45, 7) is 1.70. The van der Waals surface area contributed by atoms with Crippen molar-refractivity contribution in [1.82, 2.24) is 15.1 Å². The number of hydrogen-bond donors (Lipinski definition) is 2. The molecule has 0 aliphatic carbocycles. The minimum atomic E-state index is -0.520. The Morgan fingerprint density at radius 1 is 1.29 bits per heavy atom. The molecule has 160 valence electrons. The lowest BCUT2D eigenvalue weighted by Crippen LogP contribution is -2.28. The van der Waals surface area contributed by atoms with Crippen LogP contribution >= 0.6 is 11.8 Å². The number of hydrogen-bond acceptors (Lipinski definition) is 7. The summed E-state index contributed by atoms with van der Waals surface area (Å²) in [5, 5.41) is 21.2. The van der Waals surface area contributed by atoms with Crippen LogP contribution in [0.2, 0.25) is 0 Å². The van der Waals surface area contributed by atoms with Gasteiger partial charge in [0.25, 0.3) is 11.6 Å². The molecule has 0 unspecified atom stereocenters. The molecule has 0 atom stereocenters. The van der Waals surface area contributed by atoms with E-state index in [0.29, 0.717) is 23.1 Å². The van der Waals surface area contributed by atoms with E-state index in [4.69, 9.17) is 4.42 Å². The van der Waals surface area contributed by atoms with Gasteiger partial charge >= 0.3 is 0 Å². The van der Waals surface area contributed by atoms with Crippen molar-refractivity contribution in [2.24, 2.45) is 0 Å². The lowest BCUT2D eigenvalue weighted by molar-refractivity contribution is -0.385. The number of amides is 2. The van der Waals surface area contributed by atoms with E-state index >= 15 is 0 Å². The molecule has 31 heavy (non-hydrogen) atoms. The number of aromatic nitrogens is 2. The van der Waals surface area contributed by atoms with Crippen LogP contribution < -0.4 is 10.6 Å². The summed E-state index contributed by atoms with van der Waals surface area (Å²) in [4.78, 5) is 36.0. The van der Waals surface area contributed by atoms with E-state index in [-0.39, 0.29) is 35.8 Å². The van der Waals surface area contributed by atoms with Crippen molar-refractivity contribution >= 4 is 35.1 Å². The van der Waals surface area contributed by atoms with Crippen LogP contribution in [0.4, 0.5) is 11.5 Å². The zero-order chi connectivity index (χ0) is 22.0. The van der Waals surface area contributed by atoms with Gasteiger partial charge in [-0.2, -0.15) is 16.9 Å². The number of carbonyl (C=O) groups is 2. The maximum atomic E-state index is 12.9. The Morgan fingerprint density at radius 3 is 2.87 bits per heavy atom. The lowest BCUT2D eigenvalue weighted by atomic mass is 10.1. The van der Waals surface area contributed by atoms with Gasteiger partial charge in [0.1, 0.15) is 18.1 Å². The van der Waals surface area contributed by atoms with Crippen LogP contribution in [0.5, 0.6) is 0 Å². The lowest BCUT2D eigenvalue weighted by Gasteiger charge is -2.12. The predicted octanol–water partition coefficient (Wildman–Crippen LogP) is 3.01. The van der Waals surface area contributed by atoms with E-state index in [1.165, 1.54) is 36.1 Å². The number of fused-ring (bicyclic) bond motifs is 1. The van der Waals surface area contributed by atoms with Gasteiger partial charge < -0.3 is 15.1 Å². The number of nitrogens with one attached hydrogen (secondary N) is 2. The molecule has 0 saturated carbocycles. The highest BCUT2D eigenvalue weighted by molar-refractivity contribution is 7.98. The van der Waals surface area contributed by atoms with Crippen LogP contribution in [-0.4, -0.2) is 26.5 Å². The van der Waals surface area contributed by atoms with Gasteiger partial charge in [-0.1, -0.05) is 6.07 Å². The van der Waals surface area contributed by atoms with E-state index in [1.807, 2.05) is 0 Å². The highest BCUT2D eigenvalue weighted by Crippen LogP contribution is 2.35. The molecule has 11 heteroatoms. The van der Waals surface area contributed by atoms with E-state index in [9.17, 15) is 19.7 Å². The maximum Gasteiger partial charge on any atom is 0.273 e. The molecule has 1 aromatic carbocycles. The number of rotatable bonds is 7. The van der Waals surface area contributed by atoms with Gasteiger partial charge in [0.05, 0.1) is 23.4 Å². The number of thioether (sulfide) groups is 1. The minimum absolute atomic E-state index is 0.0814. The van der Waals surface area contributed by atoms with Crippen molar-refractivity contribution in [3.8, 4) is 0 Å². The zero-order valence-electron chi connectivity index (χ0n) is 16.6. The van der Waals surface area contributed by atoms with Crippen LogP contribution in [0.3, 0.4) is 0 Å². The number of furan rings is 1. The monoisotopic (exact) mass is 441 g/mol. The van der Waals surface area contributed by atoms with Crippen LogP contribution in [-0.2, 0) is 29.4 Å². The fourth-order valence-corrected chi connectivity index (χ4v) is 4.39. The molecule has 10 nitrogen and oxygen atoms in total. The highest BCUT2D eigenvalue weighted by atomic mass is 32.2. The van der Waals surface area contributed by atoms with Gasteiger partial charge in [-0.3, -0.25) is 19.7 Å². The van der Waals surface area contributed by atoms with Gasteiger partial charge in [0, 0.05) is 34.3 Å². The molecule has 0 saturated heterocycles.